The SMILES string of the molecule is Cc1ccc(-c2csc(NC(=O)CCCC(=O)O)c2C(=O)OC(C)C)c(C)c1. The molecule has 0 radical (unpaired) electrons. The van der Waals surface area contributed by atoms with Crippen molar-refractivity contribution in [2.45, 2.75) is 53.1 Å². The quantitative estimate of drug-likeness (QED) is 0.618. The second kappa shape index (κ2) is 9.50. The standard InChI is InChI=1S/C21H25NO5S/c1-12(2)27-21(26)19-16(15-9-8-13(3)10-14(15)4)11-28-20(19)22-17(23)6-5-7-18(24)25/h8-12H,5-7H2,1-4H3,(H,22,23)(H,24,25). The summed E-state index contributed by atoms with van der Waals surface area (Å²) in [6, 6.07) is 5.97. The average Bonchev–Trinajstić information content (AvgIpc) is 2.97. The fourth-order valence-electron chi connectivity index (χ4n) is 2.83. The smallest absolute Gasteiger partial charge is 0.342 e. The van der Waals surface area contributed by atoms with Crippen molar-refractivity contribution in [2.75, 3.05) is 5.32 Å². The summed E-state index contributed by atoms with van der Waals surface area (Å²) in [7, 11) is 0. The second-order valence-electron chi connectivity index (χ2n) is 6.92. The largest absolute Gasteiger partial charge is 0.481 e. The molecule has 0 fully saturated rings. The molecule has 0 unspecified atom stereocenters. The zero-order valence-electron chi connectivity index (χ0n) is 16.5. The minimum atomic E-state index is -0.942. The lowest BCUT2D eigenvalue weighted by Crippen LogP contribution is -2.16. The molecule has 0 atom stereocenters. The monoisotopic (exact) mass is 403 g/mol. The van der Waals surface area contributed by atoms with Gasteiger partial charge in [0.1, 0.15) is 10.6 Å². The van der Waals surface area contributed by atoms with Crippen molar-refractivity contribution in [1.29, 1.82) is 0 Å². The number of carboxylic acids is 1. The van der Waals surface area contributed by atoms with Gasteiger partial charge in [-0.1, -0.05) is 23.8 Å². The number of rotatable bonds is 8. The summed E-state index contributed by atoms with van der Waals surface area (Å²) in [5.74, 6) is -1.76. The van der Waals surface area contributed by atoms with Gasteiger partial charge in [-0.25, -0.2) is 4.79 Å². The van der Waals surface area contributed by atoms with Crippen molar-refractivity contribution in [3.8, 4) is 11.1 Å². The molecule has 0 spiro atoms. The number of amides is 1. The Kier molecular flexibility index (Phi) is 7.34. The van der Waals surface area contributed by atoms with Gasteiger partial charge in [-0.15, -0.1) is 11.3 Å². The van der Waals surface area contributed by atoms with E-state index in [4.69, 9.17) is 9.84 Å². The van der Waals surface area contributed by atoms with Crippen LogP contribution >= 0.6 is 11.3 Å². The number of nitrogens with one attached hydrogen (secondary N) is 1. The van der Waals surface area contributed by atoms with Gasteiger partial charge in [-0.05, 0) is 45.2 Å². The number of carbonyl (C=O) groups is 3. The predicted molar refractivity (Wildman–Crippen MR) is 110 cm³/mol. The average molecular weight is 404 g/mol. The van der Waals surface area contributed by atoms with Crippen molar-refractivity contribution in [3.63, 3.8) is 0 Å². The second-order valence-corrected chi connectivity index (χ2v) is 7.80. The van der Waals surface area contributed by atoms with Gasteiger partial charge in [0.15, 0.2) is 0 Å². The number of hydrogen-bond acceptors (Lipinski definition) is 5. The molecule has 0 aliphatic rings. The molecule has 1 aromatic carbocycles. The Morgan fingerprint density at radius 1 is 1.14 bits per heavy atom. The molecular formula is C21H25NO5S. The maximum Gasteiger partial charge on any atom is 0.342 e. The van der Waals surface area contributed by atoms with Gasteiger partial charge in [-0.2, -0.15) is 0 Å². The van der Waals surface area contributed by atoms with Crippen molar-refractivity contribution in [3.05, 3.63) is 40.3 Å². The Morgan fingerprint density at radius 3 is 2.46 bits per heavy atom. The van der Waals surface area contributed by atoms with Crippen LogP contribution in [0.15, 0.2) is 23.6 Å². The molecule has 1 heterocycles. The first-order chi connectivity index (χ1) is 13.2. The zero-order chi connectivity index (χ0) is 20.8. The van der Waals surface area contributed by atoms with E-state index in [9.17, 15) is 14.4 Å². The third-order valence-electron chi connectivity index (χ3n) is 4.06. The minimum Gasteiger partial charge on any atom is -0.481 e. The molecule has 1 aromatic heterocycles. The molecule has 0 aliphatic carbocycles. The topological polar surface area (TPSA) is 92.7 Å². The van der Waals surface area contributed by atoms with Crippen molar-refractivity contribution in [1.82, 2.24) is 0 Å². The number of carboxylic acid groups (broad SMARTS) is 1. The van der Waals surface area contributed by atoms with Crippen LogP contribution in [0.25, 0.3) is 11.1 Å². The summed E-state index contributed by atoms with van der Waals surface area (Å²) in [6.07, 6.45) is -0.0590. The normalized spacial score (nSPS) is 10.8. The molecule has 0 saturated carbocycles. The number of carbonyl (C=O) groups excluding carboxylic acids is 2. The van der Waals surface area contributed by atoms with Gasteiger partial charge in [0, 0.05) is 23.8 Å². The molecule has 2 N–H and O–H groups in total. The Morgan fingerprint density at radius 2 is 1.86 bits per heavy atom. The highest BCUT2D eigenvalue weighted by atomic mass is 32.1. The summed E-state index contributed by atoms with van der Waals surface area (Å²) < 4.78 is 5.39. The number of anilines is 1. The van der Waals surface area contributed by atoms with E-state index in [1.165, 1.54) is 11.3 Å². The molecule has 0 saturated heterocycles. The van der Waals surface area contributed by atoms with Gasteiger partial charge in [0.05, 0.1) is 6.10 Å². The lowest BCUT2D eigenvalue weighted by Gasteiger charge is -2.13. The Labute approximate surface area is 168 Å². The highest BCUT2D eigenvalue weighted by molar-refractivity contribution is 7.15. The first-order valence-electron chi connectivity index (χ1n) is 9.10. The maximum absolute atomic E-state index is 12.7. The molecule has 0 bridgehead atoms. The third kappa shape index (κ3) is 5.66. The van der Waals surface area contributed by atoms with Crippen LogP contribution in [-0.4, -0.2) is 29.1 Å². The van der Waals surface area contributed by atoms with Crippen LogP contribution in [0.4, 0.5) is 5.00 Å². The van der Waals surface area contributed by atoms with Crippen molar-refractivity contribution < 1.29 is 24.2 Å². The van der Waals surface area contributed by atoms with Crippen LogP contribution in [0.1, 0.15) is 54.6 Å². The third-order valence-corrected chi connectivity index (χ3v) is 4.95. The van der Waals surface area contributed by atoms with E-state index in [1.54, 1.807) is 13.8 Å². The predicted octanol–water partition coefficient (Wildman–Crippen LogP) is 4.79. The van der Waals surface area contributed by atoms with Crippen LogP contribution in [0.3, 0.4) is 0 Å². The number of benzene rings is 1. The molecule has 150 valence electrons. The number of thiophene rings is 1. The Bertz CT molecular complexity index is 885. The molecule has 6 nitrogen and oxygen atoms in total. The maximum atomic E-state index is 12.7. The molecular weight excluding hydrogens is 378 g/mol. The molecule has 0 aliphatic heterocycles. The zero-order valence-corrected chi connectivity index (χ0v) is 17.3. The fourth-order valence-corrected chi connectivity index (χ4v) is 3.79. The number of esters is 1. The van der Waals surface area contributed by atoms with E-state index in [-0.39, 0.29) is 31.3 Å². The highest BCUT2D eigenvalue weighted by Crippen LogP contribution is 2.38. The van der Waals surface area contributed by atoms with Gasteiger partial charge in [0.25, 0.3) is 0 Å². The highest BCUT2D eigenvalue weighted by Gasteiger charge is 2.24. The molecule has 2 aromatic rings. The first-order valence-corrected chi connectivity index (χ1v) is 9.98. The van der Waals surface area contributed by atoms with Gasteiger partial charge < -0.3 is 15.2 Å². The van der Waals surface area contributed by atoms with Crippen LogP contribution in [0.5, 0.6) is 0 Å². The fraction of sp³-hybridized carbons (Fsp3) is 0.381. The van der Waals surface area contributed by atoms with Crippen molar-refractivity contribution >= 4 is 34.2 Å². The lowest BCUT2D eigenvalue weighted by molar-refractivity contribution is -0.137. The summed E-state index contributed by atoms with van der Waals surface area (Å²) in [6.45, 7) is 7.51. The van der Waals surface area contributed by atoms with E-state index in [0.717, 1.165) is 16.7 Å². The van der Waals surface area contributed by atoms with Crippen LogP contribution in [0, 0.1) is 13.8 Å². The molecule has 28 heavy (non-hydrogen) atoms. The van der Waals surface area contributed by atoms with E-state index in [1.807, 2.05) is 37.4 Å². The Balaban J connectivity index is 2.35. The van der Waals surface area contributed by atoms with E-state index in [0.29, 0.717) is 16.1 Å². The minimum absolute atomic E-state index is 0.0712. The van der Waals surface area contributed by atoms with Crippen molar-refractivity contribution in [2.24, 2.45) is 0 Å². The molecule has 7 heteroatoms. The Hall–Kier alpha value is -2.67. The lowest BCUT2D eigenvalue weighted by atomic mass is 9.97. The molecule has 1 amide bonds. The van der Waals surface area contributed by atoms with Gasteiger partial charge in [0.2, 0.25) is 5.91 Å². The summed E-state index contributed by atoms with van der Waals surface area (Å²) >= 11 is 1.26. The van der Waals surface area contributed by atoms with E-state index in [2.05, 4.69) is 5.32 Å². The van der Waals surface area contributed by atoms with E-state index >= 15 is 0 Å². The number of aryl methyl sites for hydroxylation is 2. The molecule has 2 rings (SSSR count). The van der Waals surface area contributed by atoms with Gasteiger partial charge >= 0.3 is 11.9 Å². The summed E-state index contributed by atoms with van der Waals surface area (Å²) in [5, 5.41) is 13.7. The van der Waals surface area contributed by atoms with Crippen LogP contribution in [0.2, 0.25) is 0 Å². The van der Waals surface area contributed by atoms with Crippen LogP contribution in [-0.2, 0) is 14.3 Å². The number of ether oxygens (including phenoxy) is 1. The van der Waals surface area contributed by atoms with Gasteiger partial charge in [-0.3, -0.25) is 9.59 Å². The number of aliphatic carboxylic acids is 1. The first kappa shape index (κ1) is 21.6. The van der Waals surface area contributed by atoms with Crippen LogP contribution < -0.4 is 5.32 Å². The van der Waals surface area contributed by atoms with E-state index < -0.39 is 11.9 Å². The summed E-state index contributed by atoms with van der Waals surface area (Å²) in [4.78, 5) is 35.6. The number of hydrogen-bond donors (Lipinski definition) is 2. The summed E-state index contributed by atoms with van der Waals surface area (Å²) in [5.41, 5.74) is 4.10.